The number of nitrogens with zero attached hydrogens (tertiary/aromatic N) is 5. The number of hydrogen-bond donors (Lipinski definition) is 1. The maximum atomic E-state index is 12.7. The maximum Gasteiger partial charge on any atom is 0.390 e. The van der Waals surface area contributed by atoms with Crippen molar-refractivity contribution < 1.29 is 9.72 Å². The van der Waals surface area contributed by atoms with Crippen LogP contribution in [-0.4, -0.2) is 30.4 Å². The molecule has 0 radical (unpaired) electrons. The van der Waals surface area contributed by atoms with Gasteiger partial charge in [-0.2, -0.15) is 9.78 Å². The van der Waals surface area contributed by atoms with Gasteiger partial charge in [-0.1, -0.05) is 12.1 Å². The highest BCUT2D eigenvalue weighted by atomic mass is 79.9. The topological polar surface area (TPSA) is 108 Å². The van der Waals surface area contributed by atoms with Gasteiger partial charge in [0.1, 0.15) is 6.04 Å². The average molecular weight is 461 g/mol. The van der Waals surface area contributed by atoms with E-state index in [4.69, 9.17) is 0 Å². The Morgan fingerprint density at radius 2 is 2.00 bits per heavy atom. The molecule has 0 fully saturated rings. The molecular weight excluding hydrogens is 440 g/mol. The van der Waals surface area contributed by atoms with Crippen molar-refractivity contribution in [2.75, 3.05) is 5.32 Å². The molecule has 0 aliphatic carbocycles. The Bertz CT molecular complexity index is 1090. The Labute approximate surface area is 176 Å². The van der Waals surface area contributed by atoms with Gasteiger partial charge < -0.3 is 15.4 Å². The Kier molecular flexibility index (Phi) is 5.83. The van der Waals surface area contributed by atoms with Gasteiger partial charge in [0.15, 0.2) is 0 Å². The summed E-state index contributed by atoms with van der Waals surface area (Å²) in [7, 11) is 0. The number of rotatable bonds is 6. The van der Waals surface area contributed by atoms with Crippen LogP contribution in [0.4, 0.5) is 11.5 Å². The summed E-state index contributed by atoms with van der Waals surface area (Å²) in [5.41, 5.74) is 4.12. The van der Waals surface area contributed by atoms with E-state index in [-0.39, 0.29) is 11.7 Å². The normalized spacial score (nSPS) is 12.0. The second-order valence-electron chi connectivity index (χ2n) is 6.85. The van der Waals surface area contributed by atoms with E-state index in [1.54, 1.807) is 19.9 Å². The fourth-order valence-corrected chi connectivity index (χ4v) is 3.34. The summed E-state index contributed by atoms with van der Waals surface area (Å²) in [6.07, 6.45) is 0. The Balaban J connectivity index is 1.75. The highest BCUT2D eigenvalue weighted by Gasteiger charge is 2.24. The number of amides is 1. The van der Waals surface area contributed by atoms with Crippen LogP contribution in [0.15, 0.2) is 34.8 Å². The van der Waals surface area contributed by atoms with Crippen molar-refractivity contribution in [1.82, 2.24) is 19.6 Å². The van der Waals surface area contributed by atoms with Crippen molar-refractivity contribution in [2.45, 2.75) is 40.3 Å². The van der Waals surface area contributed by atoms with Crippen LogP contribution in [-0.2, 0) is 11.3 Å². The number of halogens is 1. The van der Waals surface area contributed by atoms with E-state index < -0.39 is 11.0 Å². The summed E-state index contributed by atoms with van der Waals surface area (Å²) in [4.78, 5) is 23.0. The summed E-state index contributed by atoms with van der Waals surface area (Å²) in [6, 6.07) is 8.15. The first-order valence-corrected chi connectivity index (χ1v) is 9.76. The second-order valence-corrected chi connectivity index (χ2v) is 7.65. The molecule has 152 valence electrons. The highest BCUT2D eigenvalue weighted by Crippen LogP contribution is 2.22. The summed E-state index contributed by atoms with van der Waals surface area (Å²) >= 11 is 3.52. The molecule has 0 spiro atoms. The number of nitrogens with one attached hydrogen (secondary N) is 1. The zero-order valence-electron chi connectivity index (χ0n) is 16.5. The zero-order chi connectivity index (χ0) is 21.3. The molecule has 0 aliphatic heterocycles. The summed E-state index contributed by atoms with van der Waals surface area (Å²) in [5.74, 6) is -0.586. The standard InChI is InChI=1S/C19H21BrN6O3/c1-11-8-17(26(28)29)23-25(11)14(4)19(27)21-16-7-5-6-15(9-16)10-24-13(3)18(20)12(2)22-24/h5-9,14H,10H2,1-4H3,(H,21,27). The van der Waals surface area contributed by atoms with Crippen molar-refractivity contribution in [3.05, 3.63) is 67.6 Å². The third kappa shape index (κ3) is 4.37. The largest absolute Gasteiger partial charge is 0.390 e. The molecule has 0 aliphatic rings. The Morgan fingerprint density at radius 1 is 1.28 bits per heavy atom. The molecule has 9 nitrogen and oxygen atoms in total. The molecule has 1 unspecified atom stereocenters. The van der Waals surface area contributed by atoms with Gasteiger partial charge in [0, 0.05) is 5.69 Å². The number of nitro groups is 1. The van der Waals surface area contributed by atoms with Crippen LogP contribution in [0.1, 0.15) is 35.6 Å². The van der Waals surface area contributed by atoms with Gasteiger partial charge in [0.25, 0.3) is 5.91 Å². The fourth-order valence-electron chi connectivity index (χ4n) is 3.06. The fraction of sp³-hybridized carbons (Fsp3) is 0.316. The van der Waals surface area contributed by atoms with Crippen LogP contribution in [0.5, 0.6) is 0 Å². The number of hydrogen-bond acceptors (Lipinski definition) is 5. The summed E-state index contributed by atoms with van der Waals surface area (Å²) < 4.78 is 4.24. The lowest BCUT2D eigenvalue weighted by Crippen LogP contribution is -2.25. The second kappa shape index (κ2) is 8.16. The van der Waals surface area contributed by atoms with Gasteiger partial charge in [-0.25, -0.2) is 0 Å². The van der Waals surface area contributed by atoms with Gasteiger partial charge in [-0.3, -0.25) is 9.48 Å². The van der Waals surface area contributed by atoms with Crippen molar-refractivity contribution >= 4 is 33.3 Å². The predicted molar refractivity (Wildman–Crippen MR) is 112 cm³/mol. The van der Waals surface area contributed by atoms with E-state index >= 15 is 0 Å². The molecular formula is C19H21BrN6O3. The first kappa shape index (κ1) is 20.7. The van der Waals surface area contributed by atoms with Crippen LogP contribution >= 0.6 is 15.9 Å². The van der Waals surface area contributed by atoms with E-state index in [1.807, 2.05) is 36.7 Å². The lowest BCUT2D eigenvalue weighted by molar-refractivity contribution is -0.389. The predicted octanol–water partition coefficient (Wildman–Crippen LogP) is 3.92. The van der Waals surface area contributed by atoms with Gasteiger partial charge in [-0.15, -0.1) is 0 Å². The highest BCUT2D eigenvalue weighted by molar-refractivity contribution is 9.10. The molecule has 0 saturated carbocycles. The first-order chi connectivity index (χ1) is 13.7. The summed E-state index contributed by atoms with van der Waals surface area (Å²) in [5, 5.41) is 22.2. The Hall–Kier alpha value is -3.01. The maximum absolute atomic E-state index is 12.7. The molecule has 0 saturated heterocycles. The molecule has 2 aromatic heterocycles. The van der Waals surface area contributed by atoms with Crippen molar-refractivity contribution in [3.8, 4) is 0 Å². The minimum atomic E-state index is -0.695. The zero-order valence-corrected chi connectivity index (χ0v) is 18.1. The SMILES string of the molecule is Cc1nn(Cc2cccc(NC(=O)C(C)n3nc([N+](=O)[O-])cc3C)c2)c(C)c1Br. The van der Waals surface area contributed by atoms with Gasteiger partial charge >= 0.3 is 5.82 Å². The monoisotopic (exact) mass is 460 g/mol. The van der Waals surface area contributed by atoms with Crippen LogP contribution < -0.4 is 5.32 Å². The van der Waals surface area contributed by atoms with Gasteiger partial charge in [0.2, 0.25) is 0 Å². The smallest absolute Gasteiger partial charge is 0.358 e. The number of anilines is 1. The number of aromatic nitrogens is 4. The molecule has 2 heterocycles. The van der Waals surface area contributed by atoms with E-state index in [2.05, 4.69) is 31.4 Å². The van der Waals surface area contributed by atoms with E-state index in [9.17, 15) is 14.9 Å². The van der Waals surface area contributed by atoms with Crippen LogP contribution in [0, 0.1) is 30.9 Å². The third-order valence-electron chi connectivity index (χ3n) is 4.66. The molecule has 10 heteroatoms. The molecule has 1 amide bonds. The number of carbonyl (C=O) groups is 1. The molecule has 1 N–H and O–H groups in total. The first-order valence-electron chi connectivity index (χ1n) is 8.97. The molecule has 29 heavy (non-hydrogen) atoms. The van der Waals surface area contributed by atoms with Crippen molar-refractivity contribution in [2.24, 2.45) is 0 Å². The lowest BCUT2D eigenvalue weighted by Gasteiger charge is -2.13. The van der Waals surface area contributed by atoms with E-state index in [0.29, 0.717) is 17.9 Å². The molecule has 3 aromatic rings. The minimum Gasteiger partial charge on any atom is -0.358 e. The molecule has 1 atom stereocenters. The van der Waals surface area contributed by atoms with Crippen LogP contribution in [0.25, 0.3) is 0 Å². The molecule has 0 bridgehead atoms. The average Bonchev–Trinajstić information content (AvgIpc) is 3.17. The van der Waals surface area contributed by atoms with Crippen LogP contribution in [0.2, 0.25) is 0 Å². The van der Waals surface area contributed by atoms with E-state index in [0.717, 1.165) is 21.4 Å². The molecule has 3 rings (SSSR count). The molecule has 1 aromatic carbocycles. The van der Waals surface area contributed by atoms with Crippen molar-refractivity contribution in [3.63, 3.8) is 0 Å². The van der Waals surface area contributed by atoms with Crippen LogP contribution in [0.3, 0.4) is 0 Å². The quantitative estimate of drug-likeness (QED) is 0.442. The van der Waals surface area contributed by atoms with Crippen molar-refractivity contribution in [1.29, 1.82) is 0 Å². The minimum absolute atomic E-state index is 0.278. The Morgan fingerprint density at radius 3 is 2.59 bits per heavy atom. The summed E-state index contributed by atoms with van der Waals surface area (Å²) in [6.45, 7) is 7.82. The van der Waals surface area contributed by atoms with E-state index in [1.165, 1.54) is 10.7 Å². The van der Waals surface area contributed by atoms with Gasteiger partial charge in [-0.05, 0) is 66.2 Å². The lowest BCUT2D eigenvalue weighted by atomic mass is 10.2. The number of aryl methyl sites for hydroxylation is 2. The number of carbonyl (C=O) groups excluding carboxylic acids is 1. The third-order valence-corrected chi connectivity index (χ3v) is 5.81. The van der Waals surface area contributed by atoms with Gasteiger partial charge in [0.05, 0.1) is 39.3 Å². The number of benzene rings is 1.